The largest absolute Gasteiger partial charge is 0.433 e. The van der Waals surface area contributed by atoms with E-state index < -0.39 is 4.92 Å². The van der Waals surface area contributed by atoms with Crippen molar-refractivity contribution >= 4 is 17.4 Å². The summed E-state index contributed by atoms with van der Waals surface area (Å²) in [6.07, 6.45) is 3.40. The number of nitrogens with zero attached hydrogens (tertiary/aromatic N) is 5. The van der Waals surface area contributed by atoms with Gasteiger partial charge in [-0.2, -0.15) is 15.2 Å². The van der Waals surface area contributed by atoms with Gasteiger partial charge in [0.1, 0.15) is 10.6 Å². The van der Waals surface area contributed by atoms with Gasteiger partial charge in [-0.1, -0.05) is 0 Å². The fourth-order valence-electron chi connectivity index (χ4n) is 1.97. The zero-order chi connectivity index (χ0) is 15.9. The highest BCUT2D eigenvalue weighted by molar-refractivity contribution is 6.16. The minimum atomic E-state index is -0.617. The first kappa shape index (κ1) is 13.7. The van der Waals surface area contributed by atoms with Crippen LogP contribution in [0.5, 0.6) is 0 Å². The average molecular weight is 303 g/mol. The summed E-state index contributed by atoms with van der Waals surface area (Å²) in [6.45, 7) is 0. The SMILES string of the molecule is CN(C)C=C1NN=C2C=C(N)C(c3ccc([N+](=O)[O-])o3)=NN12. The summed E-state index contributed by atoms with van der Waals surface area (Å²) in [5.41, 5.74) is 9.39. The third-order valence-electron chi connectivity index (χ3n) is 2.87. The van der Waals surface area contributed by atoms with Gasteiger partial charge in [0.25, 0.3) is 0 Å². The first-order valence-corrected chi connectivity index (χ1v) is 6.28. The lowest BCUT2D eigenvalue weighted by atomic mass is 10.2. The molecule has 0 amide bonds. The monoisotopic (exact) mass is 303 g/mol. The van der Waals surface area contributed by atoms with Crippen molar-refractivity contribution < 1.29 is 9.34 Å². The van der Waals surface area contributed by atoms with Crippen molar-refractivity contribution in [1.29, 1.82) is 0 Å². The van der Waals surface area contributed by atoms with Crippen LogP contribution in [-0.4, -0.2) is 40.5 Å². The number of nitro groups is 1. The summed E-state index contributed by atoms with van der Waals surface area (Å²) in [7, 11) is 3.72. The van der Waals surface area contributed by atoms with E-state index in [0.717, 1.165) is 0 Å². The molecule has 10 nitrogen and oxygen atoms in total. The molecule has 22 heavy (non-hydrogen) atoms. The van der Waals surface area contributed by atoms with E-state index in [4.69, 9.17) is 10.2 Å². The van der Waals surface area contributed by atoms with Crippen molar-refractivity contribution in [3.8, 4) is 0 Å². The molecule has 3 rings (SSSR count). The molecule has 0 saturated carbocycles. The molecule has 0 aliphatic carbocycles. The third kappa shape index (κ3) is 2.26. The molecule has 2 aliphatic rings. The Bertz CT molecular complexity index is 757. The number of furan rings is 1. The summed E-state index contributed by atoms with van der Waals surface area (Å²) < 4.78 is 5.15. The molecule has 0 atom stereocenters. The van der Waals surface area contributed by atoms with Crippen LogP contribution in [0.15, 0.2) is 50.5 Å². The van der Waals surface area contributed by atoms with Crippen molar-refractivity contribution in [3.05, 3.63) is 51.8 Å². The first-order valence-electron chi connectivity index (χ1n) is 6.28. The fourth-order valence-corrected chi connectivity index (χ4v) is 1.97. The molecular weight excluding hydrogens is 290 g/mol. The number of rotatable bonds is 3. The second-order valence-electron chi connectivity index (χ2n) is 4.81. The molecule has 0 radical (unpaired) electrons. The topological polar surface area (TPSA) is 126 Å². The van der Waals surface area contributed by atoms with E-state index in [9.17, 15) is 10.1 Å². The first-order chi connectivity index (χ1) is 10.5. The molecule has 0 spiro atoms. The number of hydrogen-bond acceptors (Lipinski definition) is 9. The van der Waals surface area contributed by atoms with Crippen LogP contribution >= 0.6 is 0 Å². The van der Waals surface area contributed by atoms with Gasteiger partial charge in [0.05, 0.1) is 11.8 Å². The van der Waals surface area contributed by atoms with Gasteiger partial charge in [0.15, 0.2) is 17.4 Å². The van der Waals surface area contributed by atoms with Gasteiger partial charge in [0, 0.05) is 26.4 Å². The van der Waals surface area contributed by atoms with E-state index in [1.165, 1.54) is 12.1 Å². The lowest BCUT2D eigenvalue weighted by Crippen LogP contribution is -2.31. The van der Waals surface area contributed by atoms with E-state index in [-0.39, 0.29) is 11.6 Å². The van der Waals surface area contributed by atoms with Crippen molar-refractivity contribution in [2.45, 2.75) is 0 Å². The summed E-state index contributed by atoms with van der Waals surface area (Å²) in [5.74, 6) is 1.00. The Labute approximate surface area is 125 Å². The predicted molar refractivity (Wildman–Crippen MR) is 78.3 cm³/mol. The maximum atomic E-state index is 10.7. The van der Waals surface area contributed by atoms with E-state index in [2.05, 4.69) is 15.6 Å². The molecular formula is C12H13N7O3. The normalized spacial score (nSPS) is 18.4. The second kappa shape index (κ2) is 4.91. The van der Waals surface area contributed by atoms with Crippen LogP contribution in [0.25, 0.3) is 0 Å². The van der Waals surface area contributed by atoms with E-state index in [1.54, 1.807) is 17.3 Å². The standard InChI is InChI=1S/C12H13N7O3/c1-17(2)6-10-15-14-9-5-7(13)12(16-18(9)10)8-3-4-11(22-8)19(20)21/h3-6,15H,13H2,1-2H3. The Morgan fingerprint density at radius 3 is 2.91 bits per heavy atom. The Hall–Kier alpha value is -3.30. The quantitative estimate of drug-likeness (QED) is 0.608. The molecule has 3 heterocycles. The lowest BCUT2D eigenvalue weighted by molar-refractivity contribution is -0.402. The van der Waals surface area contributed by atoms with Crippen LogP contribution in [-0.2, 0) is 0 Å². The summed E-state index contributed by atoms with van der Waals surface area (Å²) >= 11 is 0. The minimum absolute atomic E-state index is 0.218. The zero-order valence-electron chi connectivity index (χ0n) is 11.8. The van der Waals surface area contributed by atoms with Crippen LogP contribution in [0, 0.1) is 10.1 Å². The molecule has 0 unspecified atom stereocenters. The van der Waals surface area contributed by atoms with Crippen LogP contribution < -0.4 is 11.2 Å². The van der Waals surface area contributed by atoms with Gasteiger partial charge in [0.2, 0.25) is 0 Å². The summed E-state index contributed by atoms with van der Waals surface area (Å²) in [4.78, 5) is 11.9. The smallest absolute Gasteiger partial charge is 0.399 e. The second-order valence-corrected chi connectivity index (χ2v) is 4.81. The van der Waals surface area contributed by atoms with Crippen LogP contribution in [0.4, 0.5) is 5.88 Å². The Morgan fingerprint density at radius 2 is 2.27 bits per heavy atom. The van der Waals surface area contributed by atoms with E-state index in [0.29, 0.717) is 23.1 Å². The molecule has 0 saturated heterocycles. The maximum absolute atomic E-state index is 10.7. The minimum Gasteiger partial charge on any atom is -0.399 e. The maximum Gasteiger partial charge on any atom is 0.433 e. The molecule has 114 valence electrons. The van der Waals surface area contributed by atoms with Gasteiger partial charge in [-0.05, 0) is 6.07 Å². The molecule has 1 aromatic heterocycles. The lowest BCUT2D eigenvalue weighted by Gasteiger charge is -2.20. The number of hydrogen-bond donors (Lipinski definition) is 2. The molecule has 2 aliphatic heterocycles. The molecule has 0 aromatic carbocycles. The molecule has 10 heteroatoms. The van der Waals surface area contributed by atoms with Crippen molar-refractivity contribution in [3.63, 3.8) is 0 Å². The highest BCUT2D eigenvalue weighted by Crippen LogP contribution is 2.23. The highest BCUT2D eigenvalue weighted by Gasteiger charge is 2.29. The highest BCUT2D eigenvalue weighted by atomic mass is 16.6. The number of nitrogens with two attached hydrogens (primary N) is 1. The molecule has 1 aromatic rings. The Kier molecular flexibility index (Phi) is 3.05. The van der Waals surface area contributed by atoms with Crippen LogP contribution in [0.2, 0.25) is 0 Å². The van der Waals surface area contributed by atoms with Gasteiger partial charge < -0.3 is 15.1 Å². The Balaban J connectivity index is 1.98. The number of amidine groups is 1. The zero-order valence-corrected chi connectivity index (χ0v) is 11.8. The van der Waals surface area contributed by atoms with Gasteiger partial charge in [-0.25, -0.2) is 0 Å². The van der Waals surface area contributed by atoms with Gasteiger partial charge in [-0.3, -0.25) is 15.5 Å². The van der Waals surface area contributed by atoms with Crippen LogP contribution in [0.1, 0.15) is 5.76 Å². The summed E-state index contributed by atoms with van der Waals surface area (Å²) in [5, 5.41) is 20.7. The van der Waals surface area contributed by atoms with Crippen molar-refractivity contribution in [2.24, 2.45) is 15.9 Å². The van der Waals surface area contributed by atoms with Gasteiger partial charge in [-0.15, -0.1) is 0 Å². The molecule has 0 bridgehead atoms. The molecule has 3 N–H and O–H groups in total. The third-order valence-corrected chi connectivity index (χ3v) is 2.87. The summed E-state index contributed by atoms with van der Waals surface area (Å²) in [6, 6.07) is 2.71. The van der Waals surface area contributed by atoms with Crippen LogP contribution in [0.3, 0.4) is 0 Å². The average Bonchev–Trinajstić information content (AvgIpc) is 3.05. The number of hydrazone groups is 2. The van der Waals surface area contributed by atoms with E-state index in [1.807, 2.05) is 19.0 Å². The van der Waals surface area contributed by atoms with Crippen molar-refractivity contribution in [1.82, 2.24) is 15.3 Å². The van der Waals surface area contributed by atoms with Crippen molar-refractivity contribution in [2.75, 3.05) is 14.1 Å². The van der Waals surface area contributed by atoms with Gasteiger partial charge >= 0.3 is 5.88 Å². The molecule has 0 fully saturated rings. The Morgan fingerprint density at radius 1 is 1.50 bits per heavy atom. The number of fused-ring (bicyclic) bond motifs is 1. The predicted octanol–water partition coefficient (Wildman–Crippen LogP) is 0.327. The van der Waals surface area contributed by atoms with E-state index >= 15 is 0 Å². The number of nitrogens with one attached hydrogen (secondary N) is 1. The number of allylic oxidation sites excluding steroid dienone is 1. The fraction of sp³-hybridized carbons (Fsp3) is 0.167.